The maximum Gasteiger partial charge on any atom is 0.319 e. The fourth-order valence-corrected chi connectivity index (χ4v) is 3.23. The largest absolute Gasteiger partial charge is 0.394 e. The summed E-state index contributed by atoms with van der Waals surface area (Å²) in [6.07, 6.45) is -0.467. The second-order valence-electron chi connectivity index (χ2n) is 4.32. The number of aliphatic hydroxyl groups excluding tert-OH is 2. The van der Waals surface area contributed by atoms with Gasteiger partial charge in [0, 0.05) is 26.1 Å². The SMILES string of the molecule is O=[PH](OC1CCOC1CO)OC1CCOC1CO. The lowest BCUT2D eigenvalue weighted by atomic mass is 10.2. The van der Waals surface area contributed by atoms with Crippen molar-refractivity contribution >= 4 is 8.25 Å². The quantitative estimate of drug-likeness (QED) is 0.646. The average molecular weight is 282 g/mol. The van der Waals surface area contributed by atoms with Gasteiger partial charge in [0.25, 0.3) is 0 Å². The van der Waals surface area contributed by atoms with Crippen LogP contribution in [-0.4, -0.2) is 61.1 Å². The van der Waals surface area contributed by atoms with Crippen molar-refractivity contribution in [3.63, 3.8) is 0 Å². The molecule has 7 nitrogen and oxygen atoms in total. The van der Waals surface area contributed by atoms with Crippen LogP contribution in [0.1, 0.15) is 12.8 Å². The second kappa shape index (κ2) is 6.96. The van der Waals surface area contributed by atoms with Gasteiger partial charge in [0.05, 0.1) is 25.4 Å². The van der Waals surface area contributed by atoms with Gasteiger partial charge in [-0.2, -0.15) is 0 Å². The third-order valence-electron chi connectivity index (χ3n) is 3.15. The van der Waals surface area contributed by atoms with Crippen LogP contribution in [0.3, 0.4) is 0 Å². The zero-order valence-electron chi connectivity index (χ0n) is 9.99. The Morgan fingerprint density at radius 1 is 1.00 bits per heavy atom. The molecule has 2 N–H and O–H groups in total. The number of ether oxygens (including phenoxy) is 2. The van der Waals surface area contributed by atoms with E-state index in [4.69, 9.17) is 28.7 Å². The maximum atomic E-state index is 11.7. The number of hydrogen-bond donors (Lipinski definition) is 2. The molecule has 2 aliphatic rings. The van der Waals surface area contributed by atoms with E-state index in [1.165, 1.54) is 0 Å². The lowest BCUT2D eigenvalue weighted by Gasteiger charge is -2.20. The Bertz CT molecular complexity index is 261. The fourth-order valence-electron chi connectivity index (χ4n) is 2.14. The summed E-state index contributed by atoms with van der Waals surface area (Å²) in [6, 6.07) is 0. The molecule has 2 heterocycles. The van der Waals surface area contributed by atoms with E-state index in [0.717, 1.165) is 0 Å². The third-order valence-corrected chi connectivity index (χ3v) is 4.14. The van der Waals surface area contributed by atoms with Crippen LogP contribution in [0.4, 0.5) is 0 Å². The summed E-state index contributed by atoms with van der Waals surface area (Å²) in [5.74, 6) is 0. The third kappa shape index (κ3) is 3.51. The fraction of sp³-hybridized carbons (Fsp3) is 1.00. The van der Waals surface area contributed by atoms with Crippen LogP contribution >= 0.6 is 8.25 Å². The summed E-state index contributed by atoms with van der Waals surface area (Å²) in [7, 11) is -2.67. The summed E-state index contributed by atoms with van der Waals surface area (Å²) in [5.41, 5.74) is 0. The maximum absolute atomic E-state index is 11.7. The van der Waals surface area contributed by atoms with Crippen molar-refractivity contribution in [2.75, 3.05) is 26.4 Å². The summed E-state index contributed by atoms with van der Waals surface area (Å²) in [4.78, 5) is 0. The minimum atomic E-state index is -2.67. The van der Waals surface area contributed by atoms with Gasteiger partial charge in [0.2, 0.25) is 0 Å². The molecule has 8 heteroatoms. The Morgan fingerprint density at radius 3 is 1.83 bits per heavy atom. The normalized spacial score (nSPS) is 38.1. The summed E-state index contributed by atoms with van der Waals surface area (Å²) in [6.45, 7) is 0.644. The van der Waals surface area contributed by atoms with Gasteiger partial charge in [-0.25, -0.2) is 0 Å². The first kappa shape index (κ1) is 14.4. The van der Waals surface area contributed by atoms with E-state index < -0.39 is 32.7 Å². The average Bonchev–Trinajstić information content (AvgIpc) is 2.97. The zero-order valence-corrected chi connectivity index (χ0v) is 11.0. The van der Waals surface area contributed by atoms with Gasteiger partial charge < -0.3 is 28.7 Å². The Hall–Kier alpha value is -0.0100. The van der Waals surface area contributed by atoms with E-state index in [2.05, 4.69) is 0 Å². The molecule has 18 heavy (non-hydrogen) atoms. The van der Waals surface area contributed by atoms with E-state index in [9.17, 15) is 4.57 Å². The molecule has 0 bridgehead atoms. The highest BCUT2D eigenvalue weighted by atomic mass is 31.1. The molecule has 4 atom stereocenters. The van der Waals surface area contributed by atoms with E-state index >= 15 is 0 Å². The number of aliphatic hydroxyl groups is 2. The highest BCUT2D eigenvalue weighted by Crippen LogP contribution is 2.35. The van der Waals surface area contributed by atoms with Gasteiger partial charge in [0.1, 0.15) is 12.2 Å². The Morgan fingerprint density at radius 2 is 1.44 bits per heavy atom. The van der Waals surface area contributed by atoms with Crippen molar-refractivity contribution < 1.29 is 33.3 Å². The van der Waals surface area contributed by atoms with Gasteiger partial charge in [-0.3, -0.25) is 4.57 Å². The smallest absolute Gasteiger partial charge is 0.319 e. The molecule has 2 saturated heterocycles. The van der Waals surface area contributed by atoms with Gasteiger partial charge in [-0.1, -0.05) is 0 Å². The van der Waals surface area contributed by atoms with E-state index in [0.29, 0.717) is 26.1 Å². The van der Waals surface area contributed by atoms with Crippen LogP contribution in [0.2, 0.25) is 0 Å². The van der Waals surface area contributed by atoms with E-state index in [-0.39, 0.29) is 13.2 Å². The molecule has 106 valence electrons. The van der Waals surface area contributed by atoms with Crippen LogP contribution in [0, 0.1) is 0 Å². The number of hydrogen-bond acceptors (Lipinski definition) is 7. The second-order valence-corrected chi connectivity index (χ2v) is 5.29. The van der Waals surface area contributed by atoms with Gasteiger partial charge >= 0.3 is 8.25 Å². The van der Waals surface area contributed by atoms with Crippen molar-refractivity contribution in [1.82, 2.24) is 0 Å². The standard InChI is InChI=1S/C10H19O7P/c11-5-9-7(1-3-14-9)16-18(13)17-8-2-4-15-10(8)6-12/h7-12,18H,1-6H2. The molecule has 2 aliphatic heterocycles. The molecule has 0 aromatic rings. The molecule has 0 spiro atoms. The monoisotopic (exact) mass is 282 g/mol. The molecule has 0 radical (unpaired) electrons. The Balaban J connectivity index is 1.78. The Labute approximate surface area is 106 Å². The van der Waals surface area contributed by atoms with Crippen molar-refractivity contribution in [3.8, 4) is 0 Å². The summed E-state index contributed by atoms with van der Waals surface area (Å²) < 4.78 is 32.7. The predicted octanol–water partition coefficient (Wildman–Crippen LogP) is -0.291. The van der Waals surface area contributed by atoms with Crippen LogP contribution in [-0.2, 0) is 23.1 Å². The first-order chi connectivity index (χ1) is 8.74. The van der Waals surface area contributed by atoms with Crippen LogP contribution < -0.4 is 0 Å². The van der Waals surface area contributed by atoms with Crippen molar-refractivity contribution in [3.05, 3.63) is 0 Å². The lowest BCUT2D eigenvalue weighted by molar-refractivity contribution is -0.00625. The molecule has 2 rings (SSSR count). The summed E-state index contributed by atoms with van der Waals surface area (Å²) in [5, 5.41) is 18.0. The highest BCUT2D eigenvalue weighted by molar-refractivity contribution is 7.33. The lowest BCUT2D eigenvalue weighted by Crippen LogP contribution is -2.28. The molecule has 0 amide bonds. The molecule has 0 aromatic heterocycles. The molecule has 4 unspecified atom stereocenters. The highest BCUT2D eigenvalue weighted by Gasteiger charge is 2.33. The first-order valence-corrected chi connectivity index (χ1v) is 7.29. The van der Waals surface area contributed by atoms with E-state index in [1.807, 2.05) is 0 Å². The predicted molar refractivity (Wildman–Crippen MR) is 61.6 cm³/mol. The topological polar surface area (TPSA) is 94.5 Å². The van der Waals surface area contributed by atoms with Crippen LogP contribution in [0.5, 0.6) is 0 Å². The zero-order chi connectivity index (χ0) is 13.0. The minimum Gasteiger partial charge on any atom is -0.394 e. The van der Waals surface area contributed by atoms with Crippen molar-refractivity contribution in [1.29, 1.82) is 0 Å². The molecule has 0 aliphatic carbocycles. The van der Waals surface area contributed by atoms with Gasteiger partial charge in [0.15, 0.2) is 0 Å². The molecular formula is C10H19O7P. The van der Waals surface area contributed by atoms with Gasteiger partial charge in [-0.15, -0.1) is 0 Å². The van der Waals surface area contributed by atoms with Crippen LogP contribution in [0.25, 0.3) is 0 Å². The van der Waals surface area contributed by atoms with Crippen molar-refractivity contribution in [2.24, 2.45) is 0 Å². The molecule has 0 aromatic carbocycles. The van der Waals surface area contributed by atoms with Crippen molar-refractivity contribution in [2.45, 2.75) is 37.3 Å². The molecular weight excluding hydrogens is 263 g/mol. The van der Waals surface area contributed by atoms with Crippen LogP contribution in [0.15, 0.2) is 0 Å². The summed E-state index contributed by atoms with van der Waals surface area (Å²) >= 11 is 0. The minimum absolute atomic E-state index is 0.161. The molecule has 2 fully saturated rings. The van der Waals surface area contributed by atoms with Gasteiger partial charge in [-0.05, 0) is 0 Å². The Kier molecular flexibility index (Phi) is 5.56. The number of rotatable bonds is 6. The first-order valence-electron chi connectivity index (χ1n) is 6.06. The van der Waals surface area contributed by atoms with E-state index in [1.54, 1.807) is 0 Å². The molecule has 0 saturated carbocycles.